The molecule has 3 nitrogen and oxygen atoms in total. The Morgan fingerprint density at radius 1 is 1.70 bits per heavy atom. The van der Waals surface area contributed by atoms with E-state index in [1.54, 1.807) is 12.3 Å². The second-order valence-corrected chi connectivity index (χ2v) is 2.30. The first-order chi connectivity index (χ1) is 4.86. The third-order valence-corrected chi connectivity index (χ3v) is 1.61. The predicted molar refractivity (Wildman–Crippen MR) is 37.5 cm³/mol. The third-order valence-electron chi connectivity index (χ3n) is 1.61. The van der Waals surface area contributed by atoms with Gasteiger partial charge >= 0.3 is 0 Å². The second kappa shape index (κ2) is 1.87. The Morgan fingerprint density at radius 2 is 2.60 bits per heavy atom. The lowest BCUT2D eigenvalue weighted by Gasteiger charge is -2.00. The summed E-state index contributed by atoms with van der Waals surface area (Å²) in [5.41, 5.74) is 4.09. The Morgan fingerprint density at radius 3 is 3.50 bits per heavy atom. The van der Waals surface area contributed by atoms with Crippen molar-refractivity contribution in [2.24, 2.45) is 0 Å². The molecule has 1 aromatic heterocycles. The zero-order valence-electron chi connectivity index (χ0n) is 5.42. The van der Waals surface area contributed by atoms with Crippen LogP contribution in [0.15, 0.2) is 17.1 Å². The summed E-state index contributed by atoms with van der Waals surface area (Å²) in [5.74, 6) is 0. The van der Waals surface area contributed by atoms with Crippen LogP contribution in [-0.2, 0) is 6.42 Å². The van der Waals surface area contributed by atoms with E-state index in [1.165, 1.54) is 0 Å². The smallest absolute Gasteiger partial charge is 0.190 e. The van der Waals surface area contributed by atoms with Gasteiger partial charge in [0.25, 0.3) is 0 Å². The van der Waals surface area contributed by atoms with Crippen LogP contribution in [0.25, 0.3) is 0 Å². The molecule has 1 aliphatic rings. The van der Waals surface area contributed by atoms with Gasteiger partial charge in [-0.05, 0) is 0 Å². The molecular formula is C7H7N2O. The quantitative estimate of drug-likeness (QED) is 0.532. The lowest BCUT2D eigenvalue weighted by molar-refractivity contribution is 0.921. The van der Waals surface area contributed by atoms with E-state index in [4.69, 9.17) is 0 Å². The number of hydrogen-bond acceptors (Lipinski definition) is 2. The SMILES string of the molecule is O=c1[c]cn2c(c1)CCN2. The van der Waals surface area contributed by atoms with E-state index in [9.17, 15) is 4.79 Å². The first-order valence-corrected chi connectivity index (χ1v) is 3.23. The van der Waals surface area contributed by atoms with Crippen LogP contribution in [0.3, 0.4) is 0 Å². The number of fused-ring (bicyclic) bond motifs is 1. The standard InChI is InChI=1S/C7H7N2O/c10-7-2-4-9-6(5-7)1-3-8-9/h4-5,8H,1,3H2. The summed E-state index contributed by atoms with van der Waals surface area (Å²) in [6.07, 6.45) is 2.58. The summed E-state index contributed by atoms with van der Waals surface area (Å²) in [4.78, 5) is 10.7. The molecule has 0 amide bonds. The summed E-state index contributed by atoms with van der Waals surface area (Å²) in [5, 5.41) is 0. The van der Waals surface area contributed by atoms with Gasteiger partial charge in [-0.15, -0.1) is 0 Å². The Labute approximate surface area is 58.3 Å². The molecule has 0 bridgehead atoms. The van der Waals surface area contributed by atoms with Crippen molar-refractivity contribution in [1.82, 2.24) is 4.68 Å². The van der Waals surface area contributed by atoms with Crippen molar-refractivity contribution >= 4 is 0 Å². The van der Waals surface area contributed by atoms with Crippen molar-refractivity contribution in [3.05, 3.63) is 34.2 Å². The zero-order valence-corrected chi connectivity index (χ0v) is 5.42. The highest BCUT2D eigenvalue weighted by molar-refractivity contribution is 5.12. The summed E-state index contributed by atoms with van der Waals surface area (Å²) in [6.45, 7) is 0.914. The lowest BCUT2D eigenvalue weighted by atomic mass is 10.3. The molecule has 1 aromatic rings. The second-order valence-electron chi connectivity index (χ2n) is 2.30. The molecule has 2 heterocycles. The van der Waals surface area contributed by atoms with E-state index in [0.29, 0.717) is 0 Å². The van der Waals surface area contributed by atoms with Crippen LogP contribution in [0.5, 0.6) is 0 Å². The van der Waals surface area contributed by atoms with Crippen LogP contribution in [0.4, 0.5) is 0 Å². The fraction of sp³-hybridized carbons (Fsp3) is 0.286. The summed E-state index contributed by atoms with van der Waals surface area (Å²) >= 11 is 0. The van der Waals surface area contributed by atoms with Gasteiger partial charge in [0.2, 0.25) is 0 Å². The number of hydrogen-bond donors (Lipinski definition) is 1. The molecule has 1 N–H and O–H groups in total. The molecule has 0 atom stereocenters. The van der Waals surface area contributed by atoms with Crippen molar-refractivity contribution in [2.45, 2.75) is 6.42 Å². The monoisotopic (exact) mass is 135 g/mol. The molecule has 0 saturated carbocycles. The first kappa shape index (κ1) is 5.53. The molecular weight excluding hydrogens is 128 g/mol. The van der Waals surface area contributed by atoms with E-state index >= 15 is 0 Å². The van der Waals surface area contributed by atoms with Crippen LogP contribution in [0, 0.1) is 6.07 Å². The molecule has 0 fully saturated rings. The van der Waals surface area contributed by atoms with E-state index in [0.717, 1.165) is 18.7 Å². The van der Waals surface area contributed by atoms with Crippen LogP contribution < -0.4 is 10.9 Å². The van der Waals surface area contributed by atoms with Crippen molar-refractivity contribution < 1.29 is 0 Å². The zero-order chi connectivity index (χ0) is 6.97. The first-order valence-electron chi connectivity index (χ1n) is 3.23. The third kappa shape index (κ3) is 0.708. The van der Waals surface area contributed by atoms with E-state index in [1.807, 2.05) is 4.68 Å². The number of nitrogens with one attached hydrogen (secondary N) is 1. The summed E-state index contributed by atoms with van der Waals surface area (Å²) in [7, 11) is 0. The lowest BCUT2D eigenvalue weighted by Crippen LogP contribution is -2.11. The van der Waals surface area contributed by atoms with Gasteiger partial charge in [0.1, 0.15) is 0 Å². The van der Waals surface area contributed by atoms with Gasteiger partial charge in [-0.25, -0.2) is 0 Å². The van der Waals surface area contributed by atoms with Gasteiger partial charge in [0.05, 0.1) is 6.07 Å². The molecule has 0 aromatic carbocycles. The molecule has 3 heteroatoms. The maximum Gasteiger partial charge on any atom is 0.190 e. The molecule has 1 aliphatic heterocycles. The van der Waals surface area contributed by atoms with Crippen molar-refractivity contribution in [3.8, 4) is 0 Å². The normalized spacial score (nSPS) is 14.4. The summed E-state index contributed by atoms with van der Waals surface area (Å²) < 4.78 is 1.83. The number of rotatable bonds is 0. The maximum atomic E-state index is 10.7. The topological polar surface area (TPSA) is 34.0 Å². The van der Waals surface area contributed by atoms with E-state index < -0.39 is 0 Å². The molecule has 10 heavy (non-hydrogen) atoms. The molecule has 0 spiro atoms. The van der Waals surface area contributed by atoms with Gasteiger partial charge in [-0.3, -0.25) is 9.47 Å². The highest BCUT2D eigenvalue weighted by atomic mass is 16.1. The maximum absolute atomic E-state index is 10.7. The minimum absolute atomic E-state index is 0.0325. The van der Waals surface area contributed by atoms with Crippen LogP contribution in [-0.4, -0.2) is 11.2 Å². The fourth-order valence-corrected chi connectivity index (χ4v) is 1.12. The molecule has 51 valence electrons. The van der Waals surface area contributed by atoms with E-state index in [2.05, 4.69) is 11.5 Å². The number of pyridine rings is 1. The van der Waals surface area contributed by atoms with Crippen LogP contribution in [0.2, 0.25) is 0 Å². The van der Waals surface area contributed by atoms with Gasteiger partial charge in [0, 0.05) is 30.9 Å². The molecule has 0 unspecified atom stereocenters. The number of aromatic nitrogens is 1. The average molecular weight is 135 g/mol. The Bertz CT molecular complexity index is 303. The fourth-order valence-electron chi connectivity index (χ4n) is 1.12. The average Bonchev–Trinajstić information content (AvgIpc) is 2.33. The Kier molecular flexibility index (Phi) is 1.03. The largest absolute Gasteiger partial charge is 0.326 e. The summed E-state index contributed by atoms with van der Waals surface area (Å²) in [6, 6.07) is 4.19. The van der Waals surface area contributed by atoms with Gasteiger partial charge in [-0.1, -0.05) is 0 Å². The van der Waals surface area contributed by atoms with Gasteiger partial charge < -0.3 is 5.43 Å². The molecule has 2 rings (SSSR count). The van der Waals surface area contributed by atoms with Crippen molar-refractivity contribution in [1.29, 1.82) is 0 Å². The van der Waals surface area contributed by atoms with Gasteiger partial charge in [-0.2, -0.15) is 0 Å². The minimum Gasteiger partial charge on any atom is -0.326 e. The predicted octanol–water partition coefficient (Wildman–Crippen LogP) is -0.252. The Balaban J connectivity index is 2.63. The number of nitrogens with zero attached hydrogens (tertiary/aromatic N) is 1. The highest BCUT2D eigenvalue weighted by Crippen LogP contribution is 2.00. The highest BCUT2D eigenvalue weighted by Gasteiger charge is 2.06. The minimum atomic E-state index is -0.0325. The molecule has 1 radical (unpaired) electrons. The van der Waals surface area contributed by atoms with E-state index in [-0.39, 0.29) is 5.43 Å². The van der Waals surface area contributed by atoms with Gasteiger partial charge in [0.15, 0.2) is 5.43 Å². The Hall–Kier alpha value is -1.25. The molecule has 0 aliphatic carbocycles. The van der Waals surface area contributed by atoms with Crippen molar-refractivity contribution in [3.63, 3.8) is 0 Å². The molecule has 0 saturated heterocycles. The van der Waals surface area contributed by atoms with Crippen molar-refractivity contribution in [2.75, 3.05) is 12.0 Å². The van der Waals surface area contributed by atoms with Crippen LogP contribution >= 0.6 is 0 Å². The van der Waals surface area contributed by atoms with Crippen LogP contribution in [0.1, 0.15) is 5.69 Å².